The van der Waals surface area contributed by atoms with E-state index in [2.05, 4.69) is 42.8 Å². The van der Waals surface area contributed by atoms with Gasteiger partial charge >= 0.3 is 0 Å². The molecule has 14 heavy (non-hydrogen) atoms. The van der Waals surface area contributed by atoms with Gasteiger partial charge in [0.15, 0.2) is 0 Å². The van der Waals surface area contributed by atoms with Gasteiger partial charge in [0, 0.05) is 38.8 Å². The third kappa shape index (κ3) is 3.56. The molecule has 0 N–H and O–H groups in total. The van der Waals surface area contributed by atoms with Crippen LogP contribution in [0.2, 0.25) is 0 Å². The highest BCUT2D eigenvalue weighted by molar-refractivity contribution is 4.74. The van der Waals surface area contributed by atoms with Gasteiger partial charge in [-0.15, -0.1) is 0 Å². The minimum Gasteiger partial charge on any atom is -0.304 e. The maximum atomic E-state index is 2.50. The molecule has 1 unspecified atom stereocenters. The monoisotopic (exact) mass is 199 g/mol. The Balaban J connectivity index is 2.53. The molecule has 0 amide bonds. The van der Waals surface area contributed by atoms with Crippen LogP contribution in [0.3, 0.4) is 0 Å². The quantitative estimate of drug-likeness (QED) is 0.611. The molecular weight excluding hydrogens is 174 g/mol. The van der Waals surface area contributed by atoms with E-state index in [4.69, 9.17) is 0 Å². The maximum Gasteiger partial charge on any atom is 0.0217 e. The summed E-state index contributed by atoms with van der Waals surface area (Å²) in [5, 5.41) is 0. The van der Waals surface area contributed by atoms with Crippen LogP contribution in [0.4, 0.5) is 0 Å². The van der Waals surface area contributed by atoms with Crippen molar-refractivity contribution >= 4 is 0 Å². The van der Waals surface area contributed by atoms with Crippen LogP contribution in [-0.2, 0) is 0 Å². The molecule has 0 bridgehead atoms. The second kappa shape index (κ2) is 5.69. The van der Waals surface area contributed by atoms with Crippen LogP contribution < -0.4 is 0 Å². The van der Waals surface area contributed by atoms with Gasteiger partial charge in [-0.2, -0.15) is 0 Å². The van der Waals surface area contributed by atoms with Crippen molar-refractivity contribution in [2.24, 2.45) is 0 Å². The average Bonchev–Trinajstić information content (AvgIpc) is 2.23. The van der Waals surface area contributed by atoms with Crippen LogP contribution in [-0.4, -0.2) is 74.6 Å². The van der Waals surface area contributed by atoms with Crippen molar-refractivity contribution in [1.82, 2.24) is 14.7 Å². The fourth-order valence-electron chi connectivity index (χ4n) is 2.00. The SMILES string of the molecule is CCC1CN(C)CCN(C)CCN1C. The zero-order valence-electron chi connectivity index (χ0n) is 10.2. The summed E-state index contributed by atoms with van der Waals surface area (Å²) in [5.41, 5.74) is 0. The van der Waals surface area contributed by atoms with Crippen molar-refractivity contribution in [2.45, 2.75) is 19.4 Å². The highest BCUT2D eigenvalue weighted by Crippen LogP contribution is 2.05. The second-order valence-electron chi connectivity index (χ2n) is 4.61. The first-order valence-electron chi connectivity index (χ1n) is 5.70. The lowest BCUT2D eigenvalue weighted by molar-refractivity contribution is 0.188. The second-order valence-corrected chi connectivity index (χ2v) is 4.61. The predicted molar refractivity (Wildman–Crippen MR) is 61.7 cm³/mol. The molecule has 1 fully saturated rings. The van der Waals surface area contributed by atoms with E-state index in [1.54, 1.807) is 0 Å². The number of rotatable bonds is 1. The molecule has 0 radical (unpaired) electrons. The number of hydrogen-bond donors (Lipinski definition) is 0. The third-order valence-corrected chi connectivity index (χ3v) is 3.31. The molecule has 1 aliphatic rings. The van der Waals surface area contributed by atoms with Gasteiger partial charge in [0.05, 0.1) is 0 Å². The molecule has 1 aliphatic heterocycles. The highest BCUT2D eigenvalue weighted by atomic mass is 15.2. The van der Waals surface area contributed by atoms with Crippen molar-refractivity contribution in [3.05, 3.63) is 0 Å². The number of nitrogens with zero attached hydrogens (tertiary/aromatic N) is 3. The van der Waals surface area contributed by atoms with Gasteiger partial charge in [-0.05, 0) is 27.6 Å². The molecule has 84 valence electrons. The summed E-state index contributed by atoms with van der Waals surface area (Å²) in [7, 11) is 6.70. The Kier molecular flexibility index (Phi) is 4.85. The molecule has 1 rings (SSSR count). The largest absolute Gasteiger partial charge is 0.304 e. The summed E-state index contributed by atoms with van der Waals surface area (Å²) in [5.74, 6) is 0. The van der Waals surface area contributed by atoms with Crippen molar-refractivity contribution in [3.63, 3.8) is 0 Å². The molecular formula is C11H25N3. The van der Waals surface area contributed by atoms with E-state index in [1.165, 1.54) is 39.1 Å². The Hall–Kier alpha value is -0.120. The van der Waals surface area contributed by atoms with E-state index in [9.17, 15) is 0 Å². The zero-order chi connectivity index (χ0) is 10.6. The average molecular weight is 199 g/mol. The first kappa shape index (κ1) is 12.0. The summed E-state index contributed by atoms with van der Waals surface area (Å²) in [6, 6.07) is 0.728. The molecule has 0 saturated carbocycles. The minimum atomic E-state index is 0.728. The molecule has 0 spiro atoms. The summed E-state index contributed by atoms with van der Waals surface area (Å²) >= 11 is 0. The molecule has 1 heterocycles. The lowest BCUT2D eigenvalue weighted by atomic mass is 10.2. The van der Waals surface area contributed by atoms with E-state index < -0.39 is 0 Å². The lowest BCUT2D eigenvalue weighted by Crippen LogP contribution is -2.41. The summed E-state index contributed by atoms with van der Waals surface area (Å²) in [6.45, 7) is 8.28. The molecule has 1 atom stereocenters. The molecule has 0 aromatic rings. The highest BCUT2D eigenvalue weighted by Gasteiger charge is 2.17. The molecule has 3 heteroatoms. The first-order valence-corrected chi connectivity index (χ1v) is 5.70. The van der Waals surface area contributed by atoms with Gasteiger partial charge in [0.2, 0.25) is 0 Å². The van der Waals surface area contributed by atoms with Crippen LogP contribution in [0.25, 0.3) is 0 Å². The molecule has 3 nitrogen and oxygen atoms in total. The van der Waals surface area contributed by atoms with Crippen molar-refractivity contribution in [2.75, 3.05) is 53.9 Å². The van der Waals surface area contributed by atoms with E-state index in [0.29, 0.717) is 0 Å². The van der Waals surface area contributed by atoms with Gasteiger partial charge in [-0.1, -0.05) is 6.92 Å². The topological polar surface area (TPSA) is 9.72 Å². The van der Waals surface area contributed by atoms with Crippen LogP contribution in [0.1, 0.15) is 13.3 Å². The lowest BCUT2D eigenvalue weighted by Gasteiger charge is -2.29. The van der Waals surface area contributed by atoms with E-state index in [-0.39, 0.29) is 0 Å². The van der Waals surface area contributed by atoms with E-state index >= 15 is 0 Å². The van der Waals surface area contributed by atoms with Crippen molar-refractivity contribution in [3.8, 4) is 0 Å². The van der Waals surface area contributed by atoms with Crippen LogP contribution in [0.15, 0.2) is 0 Å². The standard InChI is InChI=1S/C11H25N3/c1-5-11-10-13(3)7-6-12(2)8-9-14(11)4/h11H,5-10H2,1-4H3. The van der Waals surface area contributed by atoms with Gasteiger partial charge in [0.25, 0.3) is 0 Å². The normalized spacial score (nSPS) is 29.6. The Morgan fingerprint density at radius 2 is 1.50 bits per heavy atom. The van der Waals surface area contributed by atoms with Gasteiger partial charge < -0.3 is 14.7 Å². The molecule has 0 aliphatic carbocycles. The van der Waals surface area contributed by atoms with Crippen LogP contribution in [0, 0.1) is 0 Å². The zero-order valence-corrected chi connectivity index (χ0v) is 10.2. The third-order valence-electron chi connectivity index (χ3n) is 3.31. The van der Waals surface area contributed by atoms with E-state index in [1.807, 2.05) is 0 Å². The predicted octanol–water partition coefficient (Wildman–Crippen LogP) is 0.574. The Morgan fingerprint density at radius 3 is 2.14 bits per heavy atom. The van der Waals surface area contributed by atoms with Crippen LogP contribution >= 0.6 is 0 Å². The number of hydrogen-bond acceptors (Lipinski definition) is 3. The summed E-state index contributed by atoms with van der Waals surface area (Å²) < 4.78 is 0. The van der Waals surface area contributed by atoms with E-state index in [0.717, 1.165) is 6.04 Å². The van der Waals surface area contributed by atoms with Crippen molar-refractivity contribution in [1.29, 1.82) is 0 Å². The van der Waals surface area contributed by atoms with Crippen LogP contribution in [0.5, 0.6) is 0 Å². The Morgan fingerprint density at radius 1 is 0.929 bits per heavy atom. The minimum absolute atomic E-state index is 0.728. The van der Waals surface area contributed by atoms with Gasteiger partial charge in [0.1, 0.15) is 0 Å². The number of likely N-dealkylation sites (N-methyl/N-ethyl adjacent to an activating group) is 3. The van der Waals surface area contributed by atoms with Gasteiger partial charge in [-0.25, -0.2) is 0 Å². The fraction of sp³-hybridized carbons (Fsp3) is 1.00. The smallest absolute Gasteiger partial charge is 0.0217 e. The summed E-state index contributed by atoms with van der Waals surface area (Å²) in [4.78, 5) is 7.37. The van der Waals surface area contributed by atoms with Gasteiger partial charge in [-0.3, -0.25) is 0 Å². The molecule has 0 aromatic heterocycles. The first-order chi connectivity index (χ1) is 6.63. The molecule has 0 aromatic carbocycles. The Bertz CT molecular complexity index is 161. The Labute approximate surface area is 88.7 Å². The molecule has 1 saturated heterocycles. The van der Waals surface area contributed by atoms with Crippen molar-refractivity contribution < 1.29 is 0 Å². The fourth-order valence-corrected chi connectivity index (χ4v) is 2.00. The summed E-state index contributed by atoms with van der Waals surface area (Å²) in [6.07, 6.45) is 1.25. The maximum absolute atomic E-state index is 2.50.